The molecule has 192 valence electrons. The van der Waals surface area contributed by atoms with Gasteiger partial charge in [0.25, 0.3) is 0 Å². The highest BCUT2D eigenvalue weighted by molar-refractivity contribution is 14.1. The fourth-order valence-electron chi connectivity index (χ4n) is 3.55. The molecular formula is C24H26FIN4O6. The van der Waals surface area contributed by atoms with Crippen LogP contribution in [-0.2, 0) is 14.4 Å². The van der Waals surface area contributed by atoms with Crippen molar-refractivity contribution in [2.75, 3.05) is 18.4 Å². The molecule has 1 fully saturated rings. The Kier molecular flexibility index (Phi) is 7.95. The van der Waals surface area contributed by atoms with Crippen molar-refractivity contribution in [3.8, 4) is 0 Å². The number of halogens is 2. The van der Waals surface area contributed by atoms with Crippen molar-refractivity contribution in [3.05, 3.63) is 51.8 Å². The van der Waals surface area contributed by atoms with E-state index in [1.54, 1.807) is 39.0 Å². The summed E-state index contributed by atoms with van der Waals surface area (Å²) in [4.78, 5) is 39.7. The number of fused-ring (bicyclic) bond motifs is 1. The summed E-state index contributed by atoms with van der Waals surface area (Å²) >= 11 is 2.02. The van der Waals surface area contributed by atoms with Gasteiger partial charge in [0, 0.05) is 29.1 Å². The van der Waals surface area contributed by atoms with Crippen LogP contribution in [0.25, 0.3) is 11.0 Å². The van der Waals surface area contributed by atoms with Crippen molar-refractivity contribution in [1.29, 1.82) is 0 Å². The number of benzene rings is 1. The summed E-state index contributed by atoms with van der Waals surface area (Å²) in [6.45, 7) is 6.10. The third-order valence-electron chi connectivity index (χ3n) is 5.20. The Morgan fingerprint density at radius 1 is 1.22 bits per heavy atom. The maximum absolute atomic E-state index is 14.5. The number of pyridine rings is 1. The van der Waals surface area contributed by atoms with Crippen LogP contribution in [0.1, 0.15) is 44.2 Å². The summed E-state index contributed by atoms with van der Waals surface area (Å²) in [6.07, 6.45) is 3.01. The lowest BCUT2D eigenvalue weighted by molar-refractivity contribution is -0.168. The number of hydroxylamine groups is 3. The monoisotopic (exact) mass is 612 g/mol. The number of amides is 1. The average Bonchev–Trinajstić information content (AvgIpc) is 3.17. The van der Waals surface area contributed by atoms with Crippen molar-refractivity contribution < 1.29 is 32.8 Å². The number of furan rings is 1. The lowest BCUT2D eigenvalue weighted by Gasteiger charge is -2.30. The molecule has 0 bridgehead atoms. The number of anilines is 2. The molecule has 1 aromatic carbocycles. The van der Waals surface area contributed by atoms with E-state index in [9.17, 15) is 14.0 Å². The summed E-state index contributed by atoms with van der Waals surface area (Å²) < 4.78 is 26.1. The molecule has 0 unspecified atom stereocenters. The van der Waals surface area contributed by atoms with E-state index in [1.165, 1.54) is 23.5 Å². The molecule has 1 saturated heterocycles. The lowest BCUT2D eigenvalue weighted by Crippen LogP contribution is -2.41. The van der Waals surface area contributed by atoms with Gasteiger partial charge in [-0.1, -0.05) is 0 Å². The van der Waals surface area contributed by atoms with Crippen molar-refractivity contribution in [3.63, 3.8) is 0 Å². The third-order valence-corrected chi connectivity index (χ3v) is 5.87. The van der Waals surface area contributed by atoms with E-state index < -0.39 is 23.5 Å². The molecule has 1 aliphatic heterocycles. The number of ether oxygens (including phenoxy) is 1. The van der Waals surface area contributed by atoms with E-state index in [2.05, 4.69) is 15.8 Å². The van der Waals surface area contributed by atoms with Crippen LogP contribution >= 0.6 is 22.6 Å². The van der Waals surface area contributed by atoms with Crippen LogP contribution in [0.4, 0.5) is 20.6 Å². The molecule has 1 aliphatic rings. The first-order chi connectivity index (χ1) is 17.1. The van der Waals surface area contributed by atoms with Gasteiger partial charge in [0.05, 0.1) is 17.2 Å². The number of aromatic nitrogens is 1. The minimum atomic E-state index is -0.765. The van der Waals surface area contributed by atoms with Crippen LogP contribution in [0.2, 0.25) is 0 Å². The molecule has 2 N–H and O–H groups in total. The predicted molar refractivity (Wildman–Crippen MR) is 137 cm³/mol. The highest BCUT2D eigenvalue weighted by Gasteiger charge is 2.27. The minimum absolute atomic E-state index is 0.0679. The van der Waals surface area contributed by atoms with Crippen LogP contribution in [0.15, 0.2) is 41.1 Å². The van der Waals surface area contributed by atoms with E-state index in [0.29, 0.717) is 36.9 Å². The minimum Gasteiger partial charge on any atom is -0.448 e. The second-order valence-corrected chi connectivity index (χ2v) is 10.4. The van der Waals surface area contributed by atoms with Gasteiger partial charge >= 0.3 is 12.1 Å². The molecule has 0 spiro atoms. The topological polar surface area (TPSA) is 115 Å². The van der Waals surface area contributed by atoms with E-state index in [0.717, 1.165) is 3.57 Å². The fourth-order valence-corrected chi connectivity index (χ4v) is 4.00. The normalized spacial score (nSPS) is 15.0. The smallest absolute Gasteiger partial charge is 0.448 e. The fraction of sp³-hybridized carbons (Fsp3) is 0.375. The number of hydrogen-bond donors (Lipinski definition) is 2. The number of nitrogens with one attached hydrogen (secondary N) is 2. The van der Waals surface area contributed by atoms with Crippen LogP contribution in [-0.4, -0.2) is 46.9 Å². The summed E-state index contributed by atoms with van der Waals surface area (Å²) in [5, 5.41) is 4.98. The Hall–Kier alpha value is -2.97. The Labute approximate surface area is 220 Å². The molecule has 0 aliphatic carbocycles. The molecule has 0 radical (unpaired) electrons. The molecule has 1 amide bonds. The standard InChI is InChI=1S/C24H26FIN4O6/c1-24(2,3)34-23(32)36-30-10-7-15(8-11-30)35-29-22(31)21-20(16-13-27-9-6-19(16)33-21)28-18-5-4-14(26)12-17(18)25/h4-6,9,12-13,15,28H,7-8,10-11H2,1-3H3,(H,29,31). The van der Waals surface area contributed by atoms with Crippen LogP contribution in [0, 0.1) is 9.39 Å². The van der Waals surface area contributed by atoms with Gasteiger partial charge in [-0.3, -0.25) is 14.6 Å². The number of rotatable bonds is 6. The van der Waals surface area contributed by atoms with E-state index >= 15 is 0 Å². The summed E-state index contributed by atoms with van der Waals surface area (Å²) in [5.41, 5.74) is 2.66. The van der Waals surface area contributed by atoms with Gasteiger partial charge in [-0.2, -0.15) is 0 Å². The zero-order chi connectivity index (χ0) is 25.9. The largest absolute Gasteiger partial charge is 0.528 e. The van der Waals surface area contributed by atoms with E-state index in [4.69, 9.17) is 18.8 Å². The molecule has 2 aromatic heterocycles. The maximum Gasteiger partial charge on any atom is 0.528 e. The number of carbonyl (C=O) groups excluding carboxylic acids is 2. The van der Waals surface area contributed by atoms with Gasteiger partial charge in [-0.05, 0) is 80.5 Å². The Morgan fingerprint density at radius 3 is 2.67 bits per heavy atom. The Morgan fingerprint density at radius 2 is 1.97 bits per heavy atom. The average molecular weight is 612 g/mol. The highest BCUT2D eigenvalue weighted by atomic mass is 127. The number of nitrogens with zero attached hydrogens (tertiary/aromatic N) is 2. The summed E-state index contributed by atoms with van der Waals surface area (Å²) in [5.74, 6) is -1.17. The molecule has 4 rings (SSSR count). The molecule has 12 heteroatoms. The molecule has 36 heavy (non-hydrogen) atoms. The summed E-state index contributed by atoms with van der Waals surface area (Å²) in [7, 11) is 0. The molecule has 3 heterocycles. The van der Waals surface area contributed by atoms with E-state index in [-0.39, 0.29) is 23.2 Å². The molecule has 0 atom stereocenters. The molecular weight excluding hydrogens is 586 g/mol. The van der Waals surface area contributed by atoms with Crippen molar-refractivity contribution in [2.24, 2.45) is 0 Å². The van der Waals surface area contributed by atoms with Crippen LogP contribution in [0.5, 0.6) is 0 Å². The molecule has 0 saturated carbocycles. The van der Waals surface area contributed by atoms with Crippen molar-refractivity contribution in [1.82, 2.24) is 15.5 Å². The van der Waals surface area contributed by atoms with Gasteiger partial charge in [0.2, 0.25) is 5.76 Å². The van der Waals surface area contributed by atoms with Crippen molar-refractivity contribution >= 4 is 57.0 Å². The molecule has 10 nitrogen and oxygen atoms in total. The van der Waals surface area contributed by atoms with Gasteiger partial charge < -0.3 is 19.3 Å². The number of carbonyl (C=O) groups is 2. The first kappa shape index (κ1) is 26.1. The number of piperidine rings is 1. The van der Waals surface area contributed by atoms with Crippen LogP contribution < -0.4 is 10.8 Å². The van der Waals surface area contributed by atoms with Crippen LogP contribution in [0.3, 0.4) is 0 Å². The zero-order valence-electron chi connectivity index (χ0n) is 20.0. The maximum atomic E-state index is 14.5. The van der Waals surface area contributed by atoms with Crippen molar-refractivity contribution in [2.45, 2.75) is 45.3 Å². The Bertz CT molecular complexity index is 1250. The zero-order valence-corrected chi connectivity index (χ0v) is 22.1. The predicted octanol–water partition coefficient (Wildman–Crippen LogP) is 5.31. The van der Waals surface area contributed by atoms with Gasteiger partial charge in [0.15, 0.2) is 0 Å². The number of hydrogen-bond acceptors (Lipinski definition) is 9. The first-order valence-corrected chi connectivity index (χ1v) is 12.4. The Balaban J connectivity index is 1.38. The SMILES string of the molecule is CC(C)(C)OC(=O)ON1CCC(ONC(=O)c2oc3ccncc3c2Nc2ccc(I)cc2F)CC1. The second-order valence-electron chi connectivity index (χ2n) is 9.16. The van der Waals surface area contributed by atoms with Gasteiger partial charge in [-0.25, -0.2) is 14.7 Å². The van der Waals surface area contributed by atoms with Gasteiger partial charge in [-0.15, -0.1) is 5.06 Å². The first-order valence-electron chi connectivity index (χ1n) is 11.3. The molecule has 3 aromatic rings. The lowest BCUT2D eigenvalue weighted by atomic mass is 10.1. The highest BCUT2D eigenvalue weighted by Crippen LogP contribution is 2.34. The third kappa shape index (κ3) is 6.62. The van der Waals surface area contributed by atoms with E-state index in [1.807, 2.05) is 22.6 Å². The summed E-state index contributed by atoms with van der Waals surface area (Å²) in [6, 6.07) is 6.32. The quantitative estimate of drug-likeness (QED) is 0.217. The second kappa shape index (κ2) is 11.0. The van der Waals surface area contributed by atoms with Gasteiger partial charge in [0.1, 0.15) is 22.7 Å².